The predicted molar refractivity (Wildman–Crippen MR) is 105 cm³/mol. The predicted octanol–water partition coefficient (Wildman–Crippen LogP) is 4.40. The standard InChI is InChI=1S/C22H26O5/c1-5-20(23)18-10-15(3)21(11-14(18)2)27-12-16-8-6-7-9-17(16)19(13-26-4)22(24)25/h6-11,13,20,23H,5,12H2,1-4H3,(H,24,25). The molecule has 0 aliphatic carbocycles. The summed E-state index contributed by atoms with van der Waals surface area (Å²) in [4.78, 5) is 11.5. The molecule has 2 aromatic carbocycles. The summed E-state index contributed by atoms with van der Waals surface area (Å²) in [6.07, 6.45) is 1.38. The van der Waals surface area contributed by atoms with Crippen molar-refractivity contribution in [2.24, 2.45) is 0 Å². The number of hydrogen-bond acceptors (Lipinski definition) is 4. The third-order valence-corrected chi connectivity index (χ3v) is 4.47. The molecule has 0 aromatic heterocycles. The highest BCUT2D eigenvalue weighted by atomic mass is 16.5. The summed E-state index contributed by atoms with van der Waals surface area (Å²) in [5.41, 5.74) is 4.16. The SMILES string of the molecule is CCC(O)c1cc(C)c(OCc2ccccc2C(=COC)C(=O)O)cc1C. The molecule has 0 heterocycles. The number of hydrogen-bond donors (Lipinski definition) is 2. The summed E-state index contributed by atoms with van der Waals surface area (Å²) in [5.74, 6) is -0.351. The van der Waals surface area contributed by atoms with Crippen molar-refractivity contribution in [2.45, 2.75) is 39.9 Å². The Labute approximate surface area is 159 Å². The van der Waals surface area contributed by atoms with Crippen LogP contribution < -0.4 is 4.74 Å². The van der Waals surface area contributed by atoms with E-state index in [1.807, 2.05) is 45.0 Å². The highest BCUT2D eigenvalue weighted by molar-refractivity contribution is 6.15. The van der Waals surface area contributed by atoms with E-state index in [0.29, 0.717) is 17.7 Å². The Balaban J connectivity index is 2.29. The summed E-state index contributed by atoms with van der Waals surface area (Å²) in [6, 6.07) is 11.0. The number of aliphatic hydroxyl groups is 1. The first-order valence-electron chi connectivity index (χ1n) is 8.85. The molecular weight excluding hydrogens is 344 g/mol. The highest BCUT2D eigenvalue weighted by Crippen LogP contribution is 2.29. The zero-order chi connectivity index (χ0) is 20.0. The molecule has 1 atom stereocenters. The van der Waals surface area contributed by atoms with Crippen molar-refractivity contribution in [3.63, 3.8) is 0 Å². The number of aryl methyl sites for hydroxylation is 2. The first-order valence-corrected chi connectivity index (χ1v) is 8.85. The lowest BCUT2D eigenvalue weighted by Gasteiger charge is -2.17. The molecule has 2 aromatic rings. The molecule has 0 spiro atoms. The molecule has 0 saturated carbocycles. The number of rotatable bonds is 8. The van der Waals surface area contributed by atoms with E-state index in [1.54, 1.807) is 12.1 Å². The molecule has 1 unspecified atom stereocenters. The van der Waals surface area contributed by atoms with Crippen LogP contribution in [0.25, 0.3) is 5.57 Å². The Kier molecular flexibility index (Phi) is 7.02. The van der Waals surface area contributed by atoms with Crippen molar-refractivity contribution >= 4 is 11.5 Å². The number of ether oxygens (including phenoxy) is 2. The second-order valence-corrected chi connectivity index (χ2v) is 6.42. The summed E-state index contributed by atoms with van der Waals surface area (Å²) in [6.45, 7) is 6.03. The molecule has 5 nitrogen and oxygen atoms in total. The largest absolute Gasteiger partial charge is 0.503 e. The first-order chi connectivity index (χ1) is 12.9. The van der Waals surface area contributed by atoms with Gasteiger partial charge in [-0.2, -0.15) is 0 Å². The monoisotopic (exact) mass is 370 g/mol. The second-order valence-electron chi connectivity index (χ2n) is 6.42. The van der Waals surface area contributed by atoms with Gasteiger partial charge in [-0.25, -0.2) is 4.79 Å². The maximum atomic E-state index is 11.5. The number of aliphatic hydroxyl groups excluding tert-OH is 1. The first kappa shape index (κ1) is 20.5. The van der Waals surface area contributed by atoms with E-state index < -0.39 is 12.1 Å². The van der Waals surface area contributed by atoms with Gasteiger partial charge in [0.25, 0.3) is 0 Å². The molecule has 27 heavy (non-hydrogen) atoms. The molecule has 2 N–H and O–H groups in total. The van der Waals surface area contributed by atoms with Crippen molar-refractivity contribution in [3.8, 4) is 5.75 Å². The molecule has 0 aliphatic heterocycles. The number of benzene rings is 2. The van der Waals surface area contributed by atoms with Gasteiger partial charge in [-0.1, -0.05) is 31.2 Å². The number of carboxylic acids is 1. The van der Waals surface area contributed by atoms with E-state index in [2.05, 4.69) is 0 Å². The lowest BCUT2D eigenvalue weighted by atomic mass is 9.98. The van der Waals surface area contributed by atoms with E-state index in [4.69, 9.17) is 9.47 Å². The van der Waals surface area contributed by atoms with Gasteiger partial charge in [-0.15, -0.1) is 0 Å². The van der Waals surface area contributed by atoms with Gasteiger partial charge in [-0.3, -0.25) is 0 Å². The van der Waals surface area contributed by atoms with Gasteiger partial charge < -0.3 is 19.7 Å². The fourth-order valence-electron chi connectivity index (χ4n) is 2.96. The van der Waals surface area contributed by atoms with Crippen molar-refractivity contribution in [2.75, 3.05) is 7.11 Å². The third kappa shape index (κ3) is 4.89. The smallest absolute Gasteiger partial charge is 0.339 e. The van der Waals surface area contributed by atoms with Crippen LogP contribution in [0.4, 0.5) is 0 Å². The van der Waals surface area contributed by atoms with Crippen LogP contribution in [0, 0.1) is 13.8 Å². The molecular formula is C22H26O5. The highest BCUT2D eigenvalue weighted by Gasteiger charge is 2.16. The number of aliphatic carboxylic acids is 1. The quantitative estimate of drug-likeness (QED) is 0.532. The van der Waals surface area contributed by atoms with Gasteiger partial charge in [0.2, 0.25) is 0 Å². The van der Waals surface area contributed by atoms with E-state index in [9.17, 15) is 15.0 Å². The van der Waals surface area contributed by atoms with Gasteiger partial charge in [0.15, 0.2) is 0 Å². The minimum atomic E-state index is -1.06. The Morgan fingerprint density at radius 1 is 1.19 bits per heavy atom. The lowest BCUT2D eigenvalue weighted by Crippen LogP contribution is -2.07. The van der Waals surface area contributed by atoms with Crippen LogP contribution in [0.3, 0.4) is 0 Å². The van der Waals surface area contributed by atoms with Crippen LogP contribution >= 0.6 is 0 Å². The van der Waals surface area contributed by atoms with Crippen molar-refractivity contribution < 1.29 is 24.5 Å². The Hall–Kier alpha value is -2.79. The number of carboxylic acid groups (broad SMARTS) is 1. The topological polar surface area (TPSA) is 76.0 Å². The van der Waals surface area contributed by atoms with Crippen LogP contribution in [-0.2, 0) is 16.1 Å². The normalized spacial score (nSPS) is 12.6. The molecule has 0 aliphatic rings. The molecule has 0 fully saturated rings. The van der Waals surface area contributed by atoms with Gasteiger partial charge in [0.1, 0.15) is 17.9 Å². The summed E-state index contributed by atoms with van der Waals surface area (Å²) >= 11 is 0. The van der Waals surface area contributed by atoms with Crippen molar-refractivity contribution in [3.05, 3.63) is 70.5 Å². The van der Waals surface area contributed by atoms with Crippen LogP contribution in [-0.4, -0.2) is 23.3 Å². The van der Waals surface area contributed by atoms with E-state index >= 15 is 0 Å². The number of carbonyl (C=O) groups is 1. The molecule has 0 bridgehead atoms. The molecule has 144 valence electrons. The van der Waals surface area contributed by atoms with Crippen molar-refractivity contribution in [1.29, 1.82) is 0 Å². The Bertz CT molecular complexity index is 839. The minimum absolute atomic E-state index is 0.0750. The molecule has 5 heteroatoms. The molecule has 2 rings (SSSR count). The molecule has 0 amide bonds. The van der Waals surface area contributed by atoms with Crippen LogP contribution in [0.5, 0.6) is 5.75 Å². The lowest BCUT2D eigenvalue weighted by molar-refractivity contribution is -0.130. The van der Waals surface area contributed by atoms with Gasteiger partial charge in [0, 0.05) is 0 Å². The Morgan fingerprint density at radius 2 is 1.89 bits per heavy atom. The van der Waals surface area contributed by atoms with Gasteiger partial charge in [0.05, 0.1) is 19.5 Å². The zero-order valence-corrected chi connectivity index (χ0v) is 16.2. The van der Waals surface area contributed by atoms with E-state index in [1.165, 1.54) is 13.4 Å². The maximum Gasteiger partial charge on any atom is 0.339 e. The second kappa shape index (κ2) is 9.24. The Morgan fingerprint density at radius 3 is 2.52 bits per heavy atom. The van der Waals surface area contributed by atoms with Gasteiger partial charge in [-0.05, 0) is 60.2 Å². The summed E-state index contributed by atoms with van der Waals surface area (Å²) in [5, 5.41) is 19.6. The van der Waals surface area contributed by atoms with Crippen LogP contribution in [0.1, 0.15) is 47.3 Å². The summed E-state index contributed by atoms with van der Waals surface area (Å²) < 4.78 is 10.9. The average molecular weight is 370 g/mol. The fraction of sp³-hybridized carbons (Fsp3) is 0.318. The summed E-state index contributed by atoms with van der Waals surface area (Å²) in [7, 11) is 1.42. The minimum Gasteiger partial charge on any atom is -0.503 e. The fourth-order valence-corrected chi connectivity index (χ4v) is 2.96. The number of methoxy groups -OCH3 is 1. The zero-order valence-electron chi connectivity index (χ0n) is 16.2. The van der Waals surface area contributed by atoms with Crippen LogP contribution in [0.15, 0.2) is 42.7 Å². The van der Waals surface area contributed by atoms with E-state index in [0.717, 1.165) is 22.3 Å². The van der Waals surface area contributed by atoms with Gasteiger partial charge >= 0.3 is 5.97 Å². The third-order valence-electron chi connectivity index (χ3n) is 4.47. The maximum absolute atomic E-state index is 11.5. The average Bonchev–Trinajstić information content (AvgIpc) is 2.66. The molecule has 0 radical (unpaired) electrons. The van der Waals surface area contributed by atoms with Crippen LogP contribution in [0.2, 0.25) is 0 Å². The van der Waals surface area contributed by atoms with Crippen molar-refractivity contribution in [1.82, 2.24) is 0 Å². The van der Waals surface area contributed by atoms with E-state index in [-0.39, 0.29) is 12.2 Å². The molecule has 0 saturated heterocycles.